The van der Waals surface area contributed by atoms with Crippen LogP contribution in [0.3, 0.4) is 0 Å². The van der Waals surface area contributed by atoms with Crippen molar-refractivity contribution in [1.29, 1.82) is 0 Å². The van der Waals surface area contributed by atoms with Gasteiger partial charge in [0.15, 0.2) is 0 Å². The molecule has 2 atom stereocenters. The predicted molar refractivity (Wildman–Crippen MR) is 91.2 cm³/mol. The summed E-state index contributed by atoms with van der Waals surface area (Å²) in [6, 6.07) is 6.09. The predicted octanol–water partition coefficient (Wildman–Crippen LogP) is 2.42. The first-order valence-electron chi connectivity index (χ1n) is 8.60. The molecular weight excluding hydrogens is 363 g/mol. The second kappa shape index (κ2) is 6.95. The molecule has 0 radical (unpaired) electrons. The van der Waals surface area contributed by atoms with Gasteiger partial charge in [-0.1, -0.05) is 17.7 Å². The highest BCUT2D eigenvalue weighted by atomic mass is 19.4. The van der Waals surface area contributed by atoms with Gasteiger partial charge in [-0.15, -0.1) is 0 Å². The van der Waals surface area contributed by atoms with Crippen LogP contribution in [0, 0.1) is 6.92 Å². The van der Waals surface area contributed by atoms with E-state index in [9.17, 15) is 22.8 Å². The first kappa shape index (κ1) is 19.3. The minimum absolute atomic E-state index is 0.0215. The molecule has 2 aliphatic rings. The zero-order chi connectivity index (χ0) is 19.8. The fourth-order valence-corrected chi connectivity index (χ4v) is 3.26. The van der Waals surface area contributed by atoms with Gasteiger partial charge in [0.1, 0.15) is 5.84 Å². The van der Waals surface area contributed by atoms with Crippen molar-refractivity contribution in [2.45, 2.75) is 44.6 Å². The first-order valence-corrected chi connectivity index (χ1v) is 8.60. The van der Waals surface area contributed by atoms with Crippen LogP contribution in [-0.4, -0.2) is 53.6 Å². The molecule has 0 aliphatic carbocycles. The molecule has 9 heteroatoms. The van der Waals surface area contributed by atoms with Crippen LogP contribution in [-0.2, 0) is 9.53 Å². The summed E-state index contributed by atoms with van der Waals surface area (Å²) < 4.78 is 47.1. The lowest BCUT2D eigenvalue weighted by Gasteiger charge is -2.29. The number of hydrogen-bond acceptors (Lipinski definition) is 4. The smallest absolute Gasteiger partial charge is 0.376 e. The molecule has 2 amide bonds. The van der Waals surface area contributed by atoms with E-state index in [1.807, 2.05) is 5.32 Å². The third-order valence-corrected chi connectivity index (χ3v) is 4.67. The van der Waals surface area contributed by atoms with Crippen LogP contribution in [0.5, 0.6) is 0 Å². The number of hydrogen-bond donors (Lipinski definition) is 1. The van der Waals surface area contributed by atoms with Gasteiger partial charge in [0, 0.05) is 12.2 Å². The Morgan fingerprint density at radius 2 is 2.15 bits per heavy atom. The number of amidine groups is 1. The van der Waals surface area contributed by atoms with Crippen molar-refractivity contribution < 1.29 is 27.5 Å². The Labute approximate surface area is 154 Å². The summed E-state index contributed by atoms with van der Waals surface area (Å²) in [7, 11) is 0. The lowest BCUT2D eigenvalue weighted by molar-refractivity contribution is -0.196. The number of ether oxygens (including phenoxy) is 1. The Hall–Kier alpha value is -2.42. The molecule has 2 unspecified atom stereocenters. The molecule has 146 valence electrons. The second-order valence-electron chi connectivity index (χ2n) is 6.74. The summed E-state index contributed by atoms with van der Waals surface area (Å²) in [5, 5.41) is 1.83. The van der Waals surface area contributed by atoms with Crippen molar-refractivity contribution in [3.05, 3.63) is 35.4 Å². The lowest BCUT2D eigenvalue weighted by atomic mass is 10.1. The molecule has 1 N–H and O–H groups in total. The number of aryl methyl sites for hydroxylation is 1. The number of nitrogens with zero attached hydrogens (tertiary/aromatic N) is 2. The Morgan fingerprint density at radius 3 is 2.74 bits per heavy atom. The van der Waals surface area contributed by atoms with E-state index in [0.717, 1.165) is 11.3 Å². The van der Waals surface area contributed by atoms with Gasteiger partial charge in [0.25, 0.3) is 11.8 Å². The number of carbonyl (C=O) groups excluding carboxylic acids is 2. The molecule has 6 nitrogen and oxygen atoms in total. The minimum atomic E-state index is -5.09. The maximum Gasteiger partial charge on any atom is 0.442 e. The highest BCUT2D eigenvalue weighted by Gasteiger charge is 2.66. The lowest BCUT2D eigenvalue weighted by Crippen LogP contribution is -2.63. The van der Waals surface area contributed by atoms with Crippen molar-refractivity contribution in [2.75, 3.05) is 13.2 Å². The Bertz CT molecular complexity index is 788. The highest BCUT2D eigenvalue weighted by molar-refractivity contribution is 6.10. The monoisotopic (exact) mass is 383 g/mol. The van der Waals surface area contributed by atoms with Crippen LogP contribution in [0.1, 0.15) is 35.7 Å². The molecule has 0 aromatic heterocycles. The van der Waals surface area contributed by atoms with Crippen LogP contribution < -0.4 is 5.32 Å². The normalized spacial score (nSPS) is 25.7. The molecular formula is C18H20F3N3O3. The first-order chi connectivity index (χ1) is 12.6. The molecule has 1 aromatic rings. The summed E-state index contributed by atoms with van der Waals surface area (Å²) in [4.78, 5) is 29.7. The number of amides is 2. The van der Waals surface area contributed by atoms with Gasteiger partial charge in [-0.25, -0.2) is 4.99 Å². The van der Waals surface area contributed by atoms with E-state index in [-0.39, 0.29) is 24.0 Å². The van der Waals surface area contributed by atoms with Crippen molar-refractivity contribution in [1.82, 2.24) is 10.2 Å². The van der Waals surface area contributed by atoms with Crippen LogP contribution in [0.4, 0.5) is 13.2 Å². The van der Waals surface area contributed by atoms with E-state index < -0.39 is 23.7 Å². The van der Waals surface area contributed by atoms with Gasteiger partial charge in [-0.2, -0.15) is 13.2 Å². The number of carbonyl (C=O) groups is 2. The van der Waals surface area contributed by atoms with Crippen LogP contribution in [0.25, 0.3) is 0 Å². The Kier molecular flexibility index (Phi) is 4.98. The summed E-state index contributed by atoms with van der Waals surface area (Å²) >= 11 is 0. The van der Waals surface area contributed by atoms with E-state index in [1.54, 1.807) is 19.1 Å². The quantitative estimate of drug-likeness (QED) is 0.868. The minimum Gasteiger partial charge on any atom is -0.376 e. The van der Waals surface area contributed by atoms with Crippen molar-refractivity contribution >= 4 is 17.6 Å². The number of alkyl halides is 3. The van der Waals surface area contributed by atoms with E-state index >= 15 is 0 Å². The molecule has 0 spiro atoms. The Balaban J connectivity index is 1.89. The second-order valence-corrected chi connectivity index (χ2v) is 6.74. The van der Waals surface area contributed by atoms with Crippen LogP contribution >= 0.6 is 0 Å². The summed E-state index contributed by atoms with van der Waals surface area (Å²) in [5.74, 6) is -2.43. The molecule has 0 saturated carbocycles. The molecule has 1 fully saturated rings. The standard InChI is InChI=1S/C18H20F3N3O3/c1-11-5-3-6-13(9-11)15(25)23-17(18(19,20)21)16(26)24(12(2)22-17)10-14-7-4-8-27-14/h3,5-6,9,14H,4,7-8,10H2,1-2H3,(H,23,25). The molecule has 3 rings (SSSR count). The SMILES string of the molecule is CC1=NC(NC(=O)c2cccc(C)c2)(C(F)(F)F)C(=O)N1CC1CCCO1. The van der Waals surface area contributed by atoms with E-state index in [4.69, 9.17) is 4.74 Å². The number of aliphatic imine (C=N–C) groups is 1. The highest BCUT2D eigenvalue weighted by Crippen LogP contribution is 2.38. The summed E-state index contributed by atoms with van der Waals surface area (Å²) in [6.45, 7) is 3.52. The largest absolute Gasteiger partial charge is 0.442 e. The van der Waals surface area contributed by atoms with Crippen molar-refractivity contribution in [3.63, 3.8) is 0 Å². The Morgan fingerprint density at radius 1 is 1.41 bits per heavy atom. The number of rotatable bonds is 4. The zero-order valence-electron chi connectivity index (χ0n) is 15.0. The zero-order valence-corrected chi connectivity index (χ0v) is 15.0. The maximum absolute atomic E-state index is 13.9. The van der Waals surface area contributed by atoms with Gasteiger partial charge in [-0.3, -0.25) is 14.5 Å². The van der Waals surface area contributed by atoms with Gasteiger partial charge >= 0.3 is 11.8 Å². The third kappa shape index (κ3) is 3.55. The number of nitrogens with one attached hydrogen (secondary N) is 1. The van der Waals surface area contributed by atoms with Gasteiger partial charge in [0.2, 0.25) is 0 Å². The summed E-state index contributed by atoms with van der Waals surface area (Å²) in [5.41, 5.74) is -2.59. The molecule has 2 heterocycles. The fourth-order valence-electron chi connectivity index (χ4n) is 3.26. The molecule has 0 bridgehead atoms. The van der Waals surface area contributed by atoms with Crippen molar-refractivity contribution in [2.24, 2.45) is 4.99 Å². The fraction of sp³-hybridized carbons (Fsp3) is 0.500. The van der Waals surface area contributed by atoms with Gasteiger partial charge in [0.05, 0.1) is 12.6 Å². The third-order valence-electron chi connectivity index (χ3n) is 4.67. The number of halogens is 3. The molecule has 2 aliphatic heterocycles. The van der Waals surface area contributed by atoms with Gasteiger partial charge in [-0.05, 0) is 38.8 Å². The maximum atomic E-state index is 13.9. The average molecular weight is 383 g/mol. The van der Waals surface area contributed by atoms with Crippen LogP contribution in [0.2, 0.25) is 0 Å². The number of benzene rings is 1. The van der Waals surface area contributed by atoms with Crippen LogP contribution in [0.15, 0.2) is 29.3 Å². The van der Waals surface area contributed by atoms with Crippen molar-refractivity contribution in [3.8, 4) is 0 Å². The van der Waals surface area contributed by atoms with Gasteiger partial charge < -0.3 is 10.1 Å². The molecule has 27 heavy (non-hydrogen) atoms. The molecule has 1 aromatic carbocycles. The average Bonchev–Trinajstić information content (AvgIpc) is 3.17. The van der Waals surface area contributed by atoms with E-state index in [2.05, 4.69) is 4.99 Å². The molecule has 1 saturated heterocycles. The summed E-state index contributed by atoms with van der Waals surface area (Å²) in [6.07, 6.45) is -3.98. The van der Waals surface area contributed by atoms with E-state index in [0.29, 0.717) is 18.6 Å². The van der Waals surface area contributed by atoms with E-state index in [1.165, 1.54) is 19.1 Å². The topological polar surface area (TPSA) is 71.0 Å².